The SMILES string of the molecule is O=C(NC1C2CCOC2C12CCC2)c1sc(C2CC2)nc1-c1ccccc1. The van der Waals surface area contributed by atoms with Crippen LogP contribution in [0, 0.1) is 11.3 Å². The van der Waals surface area contributed by atoms with E-state index in [4.69, 9.17) is 9.72 Å². The number of carbonyl (C=O) groups excluding carboxylic acids is 1. The first-order valence-electron chi connectivity index (χ1n) is 10.2. The predicted octanol–water partition coefficient (Wildman–Crippen LogP) is 4.37. The van der Waals surface area contributed by atoms with Crippen LogP contribution in [0.25, 0.3) is 11.3 Å². The lowest BCUT2D eigenvalue weighted by atomic mass is 9.46. The number of carbonyl (C=O) groups is 1. The number of fused-ring (bicyclic) bond motifs is 2. The Labute approximate surface area is 163 Å². The Balaban J connectivity index is 1.31. The van der Waals surface area contributed by atoms with Gasteiger partial charge in [0.05, 0.1) is 16.8 Å². The second-order valence-electron chi connectivity index (χ2n) is 8.65. The van der Waals surface area contributed by atoms with Crippen LogP contribution in [0.4, 0.5) is 0 Å². The third-order valence-corrected chi connectivity index (χ3v) is 8.36. The fraction of sp³-hybridized carbons (Fsp3) is 0.545. The number of hydrogen-bond donors (Lipinski definition) is 1. The van der Waals surface area contributed by atoms with Gasteiger partial charge in [0.15, 0.2) is 0 Å². The molecular formula is C22H24N2O2S. The minimum atomic E-state index is 0.0693. The van der Waals surface area contributed by atoms with Gasteiger partial charge in [-0.05, 0) is 32.1 Å². The highest BCUT2D eigenvalue weighted by molar-refractivity contribution is 7.14. The number of ether oxygens (including phenoxy) is 1. The molecule has 5 heteroatoms. The van der Waals surface area contributed by atoms with Crippen molar-refractivity contribution in [3.05, 3.63) is 40.2 Å². The summed E-state index contributed by atoms with van der Waals surface area (Å²) in [5.41, 5.74) is 2.12. The molecule has 4 nitrogen and oxygen atoms in total. The van der Waals surface area contributed by atoms with Crippen LogP contribution in [-0.4, -0.2) is 29.6 Å². The minimum Gasteiger partial charge on any atom is -0.377 e. The van der Waals surface area contributed by atoms with Crippen LogP contribution in [0.5, 0.6) is 0 Å². The van der Waals surface area contributed by atoms with Crippen LogP contribution in [0.15, 0.2) is 30.3 Å². The maximum atomic E-state index is 13.3. The maximum Gasteiger partial charge on any atom is 0.263 e. The summed E-state index contributed by atoms with van der Waals surface area (Å²) in [6, 6.07) is 10.4. The molecule has 1 N–H and O–H groups in total. The van der Waals surface area contributed by atoms with Gasteiger partial charge in [-0.3, -0.25) is 4.79 Å². The molecule has 1 saturated heterocycles. The lowest BCUT2D eigenvalue weighted by molar-refractivity contribution is -0.172. The van der Waals surface area contributed by atoms with Crippen molar-refractivity contribution in [1.82, 2.24) is 10.3 Å². The molecule has 3 unspecified atom stereocenters. The standard InChI is InChI=1S/C22H24N2O2S/c25-20(24-18-15-9-12-26-19(15)22(18)10-4-11-22)17-16(13-5-2-1-3-6-13)23-21(27-17)14-7-8-14/h1-3,5-6,14-15,18-19H,4,7-12H2,(H,24,25). The van der Waals surface area contributed by atoms with Crippen LogP contribution in [0.1, 0.15) is 59.1 Å². The van der Waals surface area contributed by atoms with E-state index < -0.39 is 0 Å². The molecule has 4 aliphatic rings. The highest BCUT2D eigenvalue weighted by atomic mass is 32.1. The van der Waals surface area contributed by atoms with Crippen LogP contribution >= 0.6 is 11.3 Å². The number of nitrogens with one attached hydrogen (secondary N) is 1. The van der Waals surface area contributed by atoms with Gasteiger partial charge in [-0.1, -0.05) is 36.8 Å². The molecule has 140 valence electrons. The Morgan fingerprint density at radius 1 is 1.19 bits per heavy atom. The van der Waals surface area contributed by atoms with Crippen molar-refractivity contribution in [2.45, 2.75) is 56.6 Å². The number of hydrogen-bond acceptors (Lipinski definition) is 4. The Morgan fingerprint density at radius 2 is 2.00 bits per heavy atom. The molecule has 3 aliphatic carbocycles. The molecule has 6 rings (SSSR count). The molecule has 3 saturated carbocycles. The molecule has 1 aliphatic heterocycles. The Kier molecular flexibility index (Phi) is 3.54. The van der Waals surface area contributed by atoms with Crippen molar-refractivity contribution in [3.8, 4) is 11.3 Å². The van der Waals surface area contributed by atoms with E-state index in [9.17, 15) is 4.79 Å². The van der Waals surface area contributed by atoms with Crippen molar-refractivity contribution in [1.29, 1.82) is 0 Å². The van der Waals surface area contributed by atoms with Crippen molar-refractivity contribution in [2.24, 2.45) is 11.3 Å². The molecule has 0 bridgehead atoms. The first-order valence-corrected chi connectivity index (χ1v) is 11.1. The molecule has 1 spiro atoms. The summed E-state index contributed by atoms with van der Waals surface area (Å²) in [7, 11) is 0. The Bertz CT molecular complexity index is 885. The van der Waals surface area contributed by atoms with Crippen molar-refractivity contribution >= 4 is 17.2 Å². The number of benzene rings is 1. The van der Waals surface area contributed by atoms with Crippen LogP contribution < -0.4 is 5.32 Å². The van der Waals surface area contributed by atoms with E-state index in [0.29, 0.717) is 17.9 Å². The highest BCUT2D eigenvalue weighted by Crippen LogP contribution is 2.62. The summed E-state index contributed by atoms with van der Waals surface area (Å²) in [4.78, 5) is 19.0. The van der Waals surface area contributed by atoms with Crippen LogP contribution in [0.2, 0.25) is 0 Å². The van der Waals surface area contributed by atoms with Crippen molar-refractivity contribution in [2.75, 3.05) is 6.61 Å². The van der Waals surface area contributed by atoms with E-state index in [2.05, 4.69) is 17.4 Å². The van der Waals surface area contributed by atoms with E-state index in [-0.39, 0.29) is 17.4 Å². The smallest absolute Gasteiger partial charge is 0.263 e. The Hall–Kier alpha value is -1.72. The second-order valence-corrected chi connectivity index (χ2v) is 9.68. The molecule has 1 amide bonds. The van der Waals surface area contributed by atoms with E-state index in [0.717, 1.165) is 34.2 Å². The van der Waals surface area contributed by atoms with Gasteiger partial charge in [-0.2, -0.15) is 0 Å². The second kappa shape index (κ2) is 5.89. The minimum absolute atomic E-state index is 0.0693. The summed E-state index contributed by atoms with van der Waals surface area (Å²) in [5.74, 6) is 1.14. The van der Waals surface area contributed by atoms with Gasteiger partial charge in [-0.15, -0.1) is 11.3 Å². The normalized spacial score (nSPS) is 30.4. The van der Waals surface area contributed by atoms with Crippen LogP contribution in [0.3, 0.4) is 0 Å². The quantitative estimate of drug-likeness (QED) is 0.857. The topological polar surface area (TPSA) is 51.2 Å². The van der Waals surface area contributed by atoms with Gasteiger partial charge < -0.3 is 10.1 Å². The number of aromatic nitrogens is 1. The average molecular weight is 381 g/mol. The molecule has 4 fully saturated rings. The van der Waals surface area contributed by atoms with Gasteiger partial charge in [0, 0.05) is 35.5 Å². The zero-order valence-electron chi connectivity index (χ0n) is 15.3. The number of nitrogens with zero attached hydrogens (tertiary/aromatic N) is 1. The number of amides is 1. The average Bonchev–Trinajstić information content (AvgIpc) is 3.26. The number of rotatable bonds is 4. The van der Waals surface area contributed by atoms with Crippen molar-refractivity contribution < 1.29 is 9.53 Å². The highest BCUT2D eigenvalue weighted by Gasteiger charge is 2.67. The monoisotopic (exact) mass is 380 g/mol. The molecule has 0 radical (unpaired) electrons. The molecule has 1 aromatic heterocycles. The first-order chi connectivity index (χ1) is 13.3. The third-order valence-electron chi connectivity index (χ3n) is 7.15. The van der Waals surface area contributed by atoms with Crippen molar-refractivity contribution in [3.63, 3.8) is 0 Å². The maximum absolute atomic E-state index is 13.3. The van der Waals surface area contributed by atoms with Gasteiger partial charge in [0.2, 0.25) is 0 Å². The molecular weight excluding hydrogens is 356 g/mol. The largest absolute Gasteiger partial charge is 0.377 e. The lowest BCUT2D eigenvalue weighted by Crippen LogP contribution is -2.71. The van der Waals surface area contributed by atoms with E-state index >= 15 is 0 Å². The third kappa shape index (κ3) is 2.37. The van der Waals surface area contributed by atoms with E-state index in [1.807, 2.05) is 18.2 Å². The predicted molar refractivity (Wildman–Crippen MR) is 105 cm³/mol. The fourth-order valence-electron chi connectivity index (χ4n) is 5.45. The Morgan fingerprint density at radius 3 is 2.70 bits per heavy atom. The van der Waals surface area contributed by atoms with E-state index in [1.54, 1.807) is 11.3 Å². The van der Waals surface area contributed by atoms with E-state index in [1.165, 1.54) is 32.1 Å². The fourth-order valence-corrected chi connectivity index (χ4v) is 6.61. The van der Waals surface area contributed by atoms with Gasteiger partial charge in [-0.25, -0.2) is 4.98 Å². The summed E-state index contributed by atoms with van der Waals surface area (Å²) in [5, 5.41) is 4.56. The molecule has 27 heavy (non-hydrogen) atoms. The van der Waals surface area contributed by atoms with Crippen LogP contribution in [-0.2, 0) is 4.74 Å². The molecule has 3 atom stereocenters. The number of thiazole rings is 1. The van der Waals surface area contributed by atoms with Gasteiger partial charge >= 0.3 is 0 Å². The molecule has 2 aromatic rings. The molecule has 2 heterocycles. The molecule has 1 aromatic carbocycles. The lowest BCUT2D eigenvalue weighted by Gasteiger charge is -2.63. The zero-order chi connectivity index (χ0) is 18.0. The zero-order valence-corrected chi connectivity index (χ0v) is 16.1. The summed E-state index contributed by atoms with van der Waals surface area (Å²) >= 11 is 1.61. The first kappa shape index (κ1) is 16.3. The summed E-state index contributed by atoms with van der Waals surface area (Å²) in [6.07, 6.45) is 7.53. The van der Waals surface area contributed by atoms with Gasteiger partial charge in [0.25, 0.3) is 5.91 Å². The summed E-state index contributed by atoms with van der Waals surface area (Å²) in [6.45, 7) is 0.852. The summed E-state index contributed by atoms with van der Waals surface area (Å²) < 4.78 is 6.00. The van der Waals surface area contributed by atoms with Gasteiger partial charge in [0.1, 0.15) is 4.88 Å².